The van der Waals surface area contributed by atoms with Gasteiger partial charge in [0, 0.05) is 6.54 Å². The molecule has 0 bridgehead atoms. The third-order valence-electron chi connectivity index (χ3n) is 3.26. The van der Waals surface area contributed by atoms with Crippen molar-refractivity contribution in [3.8, 4) is 0 Å². The molecule has 3 nitrogen and oxygen atoms in total. The van der Waals surface area contributed by atoms with Gasteiger partial charge in [-0.15, -0.1) is 0 Å². The first-order valence-corrected chi connectivity index (χ1v) is 10.8. The summed E-state index contributed by atoms with van der Waals surface area (Å²) in [4.78, 5) is 11.1. The Labute approximate surface area is 136 Å². The van der Waals surface area contributed by atoms with Crippen LogP contribution in [0, 0.1) is 20.8 Å². The number of rotatable bonds is 5. The van der Waals surface area contributed by atoms with Gasteiger partial charge in [-0.2, -0.15) is 13.2 Å². The van der Waals surface area contributed by atoms with Gasteiger partial charge in [-0.1, -0.05) is 17.7 Å². The average molecular weight is 347 g/mol. The van der Waals surface area contributed by atoms with Crippen molar-refractivity contribution in [2.24, 2.45) is 0 Å². The Bertz CT molecular complexity index is 557. The molecule has 0 aliphatic heterocycles. The number of hydrogen-bond donors (Lipinski definition) is 1. The van der Waals surface area contributed by atoms with Crippen molar-refractivity contribution in [3.05, 3.63) is 34.4 Å². The van der Waals surface area contributed by atoms with Crippen LogP contribution in [-0.4, -0.2) is 26.9 Å². The fourth-order valence-corrected chi connectivity index (χ4v) is 3.67. The maximum atomic E-state index is 12.4. The van der Waals surface area contributed by atoms with E-state index in [9.17, 15) is 18.0 Å². The van der Waals surface area contributed by atoms with Gasteiger partial charge in [-0.25, -0.2) is 0 Å². The number of halogens is 3. The molecule has 0 fully saturated rings. The lowest BCUT2D eigenvalue weighted by atomic mass is 9.95. The van der Waals surface area contributed by atoms with Crippen LogP contribution in [0.3, 0.4) is 0 Å². The highest BCUT2D eigenvalue weighted by atomic mass is 28.4. The minimum absolute atomic E-state index is 0.201. The summed E-state index contributed by atoms with van der Waals surface area (Å²) in [7, 11) is -2.01. The Kier molecular flexibility index (Phi) is 6.04. The van der Waals surface area contributed by atoms with Crippen LogP contribution in [0.2, 0.25) is 19.6 Å². The number of aryl methyl sites for hydroxylation is 3. The van der Waals surface area contributed by atoms with Gasteiger partial charge in [0.15, 0.2) is 8.32 Å². The molecule has 0 unspecified atom stereocenters. The second kappa shape index (κ2) is 7.05. The van der Waals surface area contributed by atoms with Crippen molar-refractivity contribution in [1.29, 1.82) is 0 Å². The normalized spacial score (nSPS) is 13.8. The summed E-state index contributed by atoms with van der Waals surface area (Å²) in [6.07, 6.45) is -5.48. The van der Waals surface area contributed by atoms with Crippen LogP contribution in [0.5, 0.6) is 0 Å². The molecule has 1 atom stereocenters. The summed E-state index contributed by atoms with van der Waals surface area (Å²) >= 11 is 0. The van der Waals surface area contributed by atoms with Gasteiger partial charge in [0.2, 0.25) is 0 Å². The molecular formula is C16H24F3NO2Si. The largest absolute Gasteiger partial charge is 0.471 e. The Morgan fingerprint density at radius 2 is 1.65 bits per heavy atom. The van der Waals surface area contributed by atoms with Crippen molar-refractivity contribution >= 4 is 14.2 Å². The van der Waals surface area contributed by atoms with Gasteiger partial charge in [0.05, 0.1) is 6.10 Å². The lowest BCUT2D eigenvalue weighted by Crippen LogP contribution is -2.41. The molecule has 0 heterocycles. The molecule has 23 heavy (non-hydrogen) atoms. The topological polar surface area (TPSA) is 38.3 Å². The van der Waals surface area contributed by atoms with Gasteiger partial charge in [-0.05, 0) is 57.1 Å². The minimum atomic E-state index is -4.89. The second-order valence-corrected chi connectivity index (χ2v) is 11.2. The second-order valence-electron chi connectivity index (χ2n) is 6.74. The highest BCUT2D eigenvalue weighted by Gasteiger charge is 2.39. The molecule has 0 saturated carbocycles. The molecule has 1 aromatic rings. The predicted molar refractivity (Wildman–Crippen MR) is 86.9 cm³/mol. The molecule has 0 aromatic heterocycles. The van der Waals surface area contributed by atoms with E-state index < -0.39 is 26.5 Å². The number of carbonyl (C=O) groups excluding carboxylic acids is 1. The molecular weight excluding hydrogens is 323 g/mol. The zero-order valence-electron chi connectivity index (χ0n) is 14.4. The van der Waals surface area contributed by atoms with E-state index in [4.69, 9.17) is 4.43 Å². The van der Waals surface area contributed by atoms with Crippen LogP contribution < -0.4 is 5.32 Å². The van der Waals surface area contributed by atoms with E-state index in [2.05, 4.69) is 0 Å². The number of amides is 1. The molecule has 0 radical (unpaired) electrons. The van der Waals surface area contributed by atoms with Crippen LogP contribution >= 0.6 is 0 Å². The minimum Gasteiger partial charge on any atom is -0.409 e. The molecule has 0 aliphatic carbocycles. The van der Waals surface area contributed by atoms with E-state index in [0.29, 0.717) is 0 Å². The first-order valence-electron chi connectivity index (χ1n) is 7.42. The van der Waals surface area contributed by atoms with Gasteiger partial charge in [-0.3, -0.25) is 4.79 Å². The molecule has 7 heteroatoms. The van der Waals surface area contributed by atoms with E-state index in [1.54, 1.807) is 0 Å². The van der Waals surface area contributed by atoms with Crippen molar-refractivity contribution in [2.45, 2.75) is 52.7 Å². The summed E-state index contributed by atoms with van der Waals surface area (Å²) < 4.78 is 43.3. The molecule has 0 aliphatic rings. The van der Waals surface area contributed by atoms with Crippen molar-refractivity contribution in [2.75, 3.05) is 6.54 Å². The molecule has 0 spiro atoms. The monoisotopic (exact) mass is 347 g/mol. The number of carbonyl (C=O) groups is 1. The Morgan fingerprint density at radius 1 is 1.17 bits per heavy atom. The Morgan fingerprint density at radius 3 is 2.04 bits per heavy atom. The summed E-state index contributed by atoms with van der Waals surface area (Å²) in [6.45, 7) is 11.5. The fourth-order valence-electron chi connectivity index (χ4n) is 2.61. The maximum Gasteiger partial charge on any atom is 0.471 e. The van der Waals surface area contributed by atoms with Crippen molar-refractivity contribution < 1.29 is 22.4 Å². The van der Waals surface area contributed by atoms with Gasteiger partial charge >= 0.3 is 12.1 Å². The average Bonchev–Trinajstić information content (AvgIpc) is 2.30. The fraction of sp³-hybridized carbons (Fsp3) is 0.562. The van der Waals surface area contributed by atoms with Crippen LogP contribution in [0.25, 0.3) is 0 Å². The quantitative estimate of drug-likeness (QED) is 0.812. The SMILES string of the molecule is Cc1cc(C)c([C@@H](CNC(=O)C(F)(F)F)O[Si](C)(C)C)c(C)c1. The van der Waals surface area contributed by atoms with Gasteiger partial charge in [0.25, 0.3) is 0 Å². The molecule has 1 aromatic carbocycles. The summed E-state index contributed by atoms with van der Waals surface area (Å²) in [6, 6.07) is 3.93. The first kappa shape index (κ1) is 19.7. The zero-order chi connectivity index (χ0) is 18.0. The molecule has 1 N–H and O–H groups in total. The lowest BCUT2D eigenvalue weighted by Gasteiger charge is -2.29. The van der Waals surface area contributed by atoms with Gasteiger partial charge in [0.1, 0.15) is 0 Å². The molecule has 130 valence electrons. The molecule has 1 rings (SSSR count). The van der Waals surface area contributed by atoms with Crippen LogP contribution in [0.15, 0.2) is 12.1 Å². The van der Waals surface area contributed by atoms with Crippen LogP contribution in [-0.2, 0) is 9.22 Å². The van der Waals surface area contributed by atoms with E-state index in [-0.39, 0.29) is 6.54 Å². The molecule has 1 amide bonds. The molecule has 0 saturated heterocycles. The number of alkyl halides is 3. The standard InChI is InChI=1S/C16H24F3NO2Si/c1-10-7-11(2)14(12(3)8-10)13(22-23(4,5)6)9-20-15(21)16(17,18)19/h7-8,13H,9H2,1-6H3,(H,20,21)/t13-/m1/s1. The lowest BCUT2D eigenvalue weighted by molar-refractivity contribution is -0.173. The van der Waals surface area contributed by atoms with Crippen LogP contribution in [0.1, 0.15) is 28.4 Å². The van der Waals surface area contributed by atoms with E-state index in [1.165, 1.54) is 0 Å². The Hall–Kier alpha value is -1.34. The Balaban J connectivity index is 3.10. The smallest absolute Gasteiger partial charge is 0.409 e. The first-order chi connectivity index (χ1) is 10.3. The number of benzene rings is 1. The van der Waals surface area contributed by atoms with Crippen molar-refractivity contribution in [3.63, 3.8) is 0 Å². The van der Waals surface area contributed by atoms with Crippen LogP contribution in [0.4, 0.5) is 13.2 Å². The number of hydrogen-bond acceptors (Lipinski definition) is 2. The van der Waals surface area contributed by atoms with E-state index in [0.717, 1.165) is 22.3 Å². The van der Waals surface area contributed by atoms with E-state index in [1.807, 2.05) is 57.9 Å². The predicted octanol–water partition coefficient (Wildman–Crippen LogP) is 4.18. The third kappa shape index (κ3) is 5.99. The highest BCUT2D eigenvalue weighted by molar-refractivity contribution is 6.69. The summed E-state index contributed by atoms with van der Waals surface area (Å²) in [5, 5.41) is 1.95. The van der Waals surface area contributed by atoms with E-state index >= 15 is 0 Å². The van der Waals surface area contributed by atoms with Crippen molar-refractivity contribution in [1.82, 2.24) is 5.32 Å². The van der Waals surface area contributed by atoms with Gasteiger partial charge < -0.3 is 9.74 Å². The highest BCUT2D eigenvalue weighted by Crippen LogP contribution is 2.29. The third-order valence-corrected chi connectivity index (χ3v) is 4.25. The summed E-state index contributed by atoms with van der Waals surface area (Å²) in [5.41, 5.74) is 3.83. The summed E-state index contributed by atoms with van der Waals surface area (Å²) in [5.74, 6) is -1.94. The maximum absolute atomic E-state index is 12.4. The number of nitrogens with one attached hydrogen (secondary N) is 1. The zero-order valence-corrected chi connectivity index (χ0v) is 15.4.